The van der Waals surface area contributed by atoms with Crippen LogP contribution in [0.4, 0.5) is 0 Å². The second-order valence-corrected chi connectivity index (χ2v) is 9.01. The molecule has 34 heavy (non-hydrogen) atoms. The zero-order valence-electron chi connectivity index (χ0n) is 18.8. The number of carbonyl (C=O) groups is 4. The summed E-state index contributed by atoms with van der Waals surface area (Å²) in [7, 11) is 1.53. The van der Waals surface area contributed by atoms with Gasteiger partial charge >= 0.3 is 5.97 Å². The molecule has 2 fully saturated rings. The summed E-state index contributed by atoms with van der Waals surface area (Å²) >= 11 is 0. The van der Waals surface area contributed by atoms with Crippen molar-refractivity contribution in [1.29, 1.82) is 0 Å². The van der Waals surface area contributed by atoms with E-state index in [0.29, 0.717) is 11.3 Å². The second-order valence-electron chi connectivity index (χ2n) is 9.01. The van der Waals surface area contributed by atoms with Crippen LogP contribution < -0.4 is 4.74 Å². The number of rotatable bonds is 8. The number of benzene rings is 2. The minimum absolute atomic E-state index is 0.0431. The van der Waals surface area contributed by atoms with E-state index < -0.39 is 30.5 Å². The lowest BCUT2D eigenvalue weighted by Gasteiger charge is -2.26. The van der Waals surface area contributed by atoms with Gasteiger partial charge in [0.05, 0.1) is 18.9 Å². The van der Waals surface area contributed by atoms with Crippen molar-refractivity contribution in [1.82, 2.24) is 4.90 Å². The minimum atomic E-state index is -1.11. The van der Waals surface area contributed by atoms with Crippen LogP contribution in [0.15, 0.2) is 66.7 Å². The Balaban J connectivity index is 1.34. The van der Waals surface area contributed by atoms with Gasteiger partial charge in [-0.05, 0) is 48.1 Å². The highest BCUT2D eigenvalue weighted by molar-refractivity contribution is 6.09. The fourth-order valence-corrected chi connectivity index (χ4v) is 5.44. The van der Waals surface area contributed by atoms with Crippen molar-refractivity contribution in [3.05, 3.63) is 77.9 Å². The van der Waals surface area contributed by atoms with Crippen LogP contribution in [0.1, 0.15) is 22.3 Å². The van der Waals surface area contributed by atoms with E-state index in [0.717, 1.165) is 16.9 Å². The van der Waals surface area contributed by atoms with Gasteiger partial charge in [-0.25, -0.2) is 4.79 Å². The third kappa shape index (κ3) is 3.81. The highest BCUT2D eigenvalue weighted by Crippen LogP contribution is 2.53. The van der Waals surface area contributed by atoms with Crippen molar-refractivity contribution >= 4 is 23.6 Å². The van der Waals surface area contributed by atoms with Crippen LogP contribution in [0.5, 0.6) is 5.75 Å². The van der Waals surface area contributed by atoms with E-state index in [-0.39, 0.29) is 35.9 Å². The SMILES string of the molecule is COc1ccc(C(=O)COC(=O)[C@H](Cc2ccccc2)N2C(=O)[C@@H]3[C@H](C2=O)[C@H]2C=C[C@@H]3C2)cc1. The van der Waals surface area contributed by atoms with Gasteiger partial charge in [0.1, 0.15) is 11.8 Å². The summed E-state index contributed by atoms with van der Waals surface area (Å²) in [4.78, 5) is 53.5. The number of imide groups is 1. The van der Waals surface area contributed by atoms with Crippen molar-refractivity contribution in [2.24, 2.45) is 23.7 Å². The molecular weight excluding hydrogens is 434 g/mol. The molecule has 7 heteroatoms. The molecule has 1 heterocycles. The van der Waals surface area contributed by atoms with Crippen molar-refractivity contribution in [3.63, 3.8) is 0 Å². The van der Waals surface area contributed by atoms with Gasteiger partial charge < -0.3 is 9.47 Å². The van der Waals surface area contributed by atoms with E-state index in [4.69, 9.17) is 9.47 Å². The van der Waals surface area contributed by atoms with Crippen molar-refractivity contribution < 1.29 is 28.7 Å². The lowest BCUT2D eigenvalue weighted by molar-refractivity contribution is -0.158. The molecule has 0 unspecified atom stereocenters. The molecule has 0 radical (unpaired) electrons. The third-order valence-corrected chi connectivity index (χ3v) is 7.12. The minimum Gasteiger partial charge on any atom is -0.497 e. The topological polar surface area (TPSA) is 90.0 Å². The van der Waals surface area contributed by atoms with Crippen LogP contribution in [0.3, 0.4) is 0 Å². The van der Waals surface area contributed by atoms with Gasteiger partial charge in [0.25, 0.3) is 0 Å². The number of ether oxygens (including phenoxy) is 2. The average Bonchev–Trinajstić information content (AvgIpc) is 3.55. The van der Waals surface area contributed by atoms with E-state index in [1.807, 2.05) is 42.5 Å². The summed E-state index contributed by atoms with van der Waals surface area (Å²) in [5.41, 5.74) is 1.17. The Bertz CT molecular complexity index is 1130. The molecule has 174 valence electrons. The number of fused-ring (bicyclic) bond motifs is 5. The highest BCUT2D eigenvalue weighted by atomic mass is 16.5. The largest absolute Gasteiger partial charge is 0.497 e. The Kier molecular flexibility index (Phi) is 5.77. The molecule has 3 aliphatic rings. The summed E-state index contributed by atoms with van der Waals surface area (Å²) in [5.74, 6) is -1.89. The summed E-state index contributed by atoms with van der Waals surface area (Å²) in [6, 6.07) is 14.5. The van der Waals surface area contributed by atoms with E-state index in [9.17, 15) is 19.2 Å². The summed E-state index contributed by atoms with van der Waals surface area (Å²) in [6.07, 6.45) is 4.97. The summed E-state index contributed by atoms with van der Waals surface area (Å²) in [5, 5.41) is 0. The Hall–Kier alpha value is -3.74. The van der Waals surface area contributed by atoms with Crippen molar-refractivity contribution in [2.45, 2.75) is 18.9 Å². The van der Waals surface area contributed by atoms with E-state index in [1.165, 1.54) is 7.11 Å². The molecule has 5 atom stereocenters. The number of carbonyl (C=O) groups excluding carboxylic acids is 4. The number of amides is 2. The van der Waals surface area contributed by atoms with E-state index in [1.54, 1.807) is 24.3 Å². The molecule has 2 amide bonds. The van der Waals surface area contributed by atoms with E-state index >= 15 is 0 Å². The van der Waals surface area contributed by atoms with E-state index in [2.05, 4.69) is 0 Å². The number of allylic oxidation sites excluding steroid dienone is 2. The Labute approximate surface area is 197 Å². The Morgan fingerprint density at radius 1 is 0.941 bits per heavy atom. The maximum Gasteiger partial charge on any atom is 0.330 e. The zero-order chi connectivity index (χ0) is 23.8. The molecule has 2 bridgehead atoms. The molecule has 0 spiro atoms. The van der Waals surface area contributed by atoms with Gasteiger partial charge in [0, 0.05) is 12.0 Å². The molecule has 0 N–H and O–H groups in total. The first-order valence-electron chi connectivity index (χ1n) is 11.4. The first kappa shape index (κ1) is 22.1. The first-order chi connectivity index (χ1) is 16.5. The second kappa shape index (κ2) is 8.89. The Morgan fingerprint density at radius 2 is 1.56 bits per heavy atom. The fourth-order valence-electron chi connectivity index (χ4n) is 5.44. The summed E-state index contributed by atoms with van der Waals surface area (Å²) in [6.45, 7) is -0.480. The summed E-state index contributed by atoms with van der Waals surface area (Å²) < 4.78 is 10.5. The van der Waals surface area contributed by atoms with Crippen molar-refractivity contribution in [2.75, 3.05) is 13.7 Å². The predicted molar refractivity (Wildman–Crippen MR) is 122 cm³/mol. The van der Waals surface area contributed by atoms with Crippen LogP contribution in [0, 0.1) is 23.7 Å². The molecule has 1 saturated carbocycles. The van der Waals surface area contributed by atoms with Crippen LogP contribution in [0.2, 0.25) is 0 Å². The molecule has 1 aliphatic heterocycles. The van der Waals surface area contributed by atoms with Gasteiger partial charge in [-0.15, -0.1) is 0 Å². The zero-order valence-corrected chi connectivity index (χ0v) is 18.8. The number of hydrogen-bond acceptors (Lipinski definition) is 6. The van der Waals surface area contributed by atoms with Crippen LogP contribution in [-0.4, -0.2) is 48.2 Å². The van der Waals surface area contributed by atoms with Gasteiger partial charge in [0.15, 0.2) is 12.4 Å². The third-order valence-electron chi connectivity index (χ3n) is 7.12. The molecule has 2 aromatic carbocycles. The number of ketones is 1. The lowest BCUT2D eigenvalue weighted by Crippen LogP contribution is -2.48. The first-order valence-corrected chi connectivity index (χ1v) is 11.4. The van der Waals surface area contributed by atoms with Crippen LogP contribution in [0.25, 0.3) is 0 Å². The number of esters is 1. The number of Topliss-reactive ketones (excluding diaryl/α,β-unsaturated/α-hetero) is 1. The standard InChI is InChI=1S/C27H25NO6/c1-33-20-11-9-17(10-12-20)22(29)15-34-27(32)21(13-16-5-3-2-4-6-16)28-25(30)23-18-7-8-19(14-18)24(23)26(28)31/h2-12,18-19,21,23-24H,13-15H2,1H3/t18-,19+,21-,23+,24-/m0/s1. The smallest absolute Gasteiger partial charge is 0.330 e. The number of nitrogens with zero attached hydrogens (tertiary/aromatic N) is 1. The van der Waals surface area contributed by atoms with Crippen molar-refractivity contribution in [3.8, 4) is 5.75 Å². The average molecular weight is 459 g/mol. The molecule has 2 aromatic rings. The quantitative estimate of drug-likeness (QED) is 0.261. The van der Waals surface area contributed by atoms with Gasteiger partial charge in [-0.1, -0.05) is 42.5 Å². The Morgan fingerprint density at radius 3 is 2.15 bits per heavy atom. The van der Waals surface area contributed by atoms with Gasteiger partial charge in [0.2, 0.25) is 11.8 Å². The molecule has 1 saturated heterocycles. The highest BCUT2D eigenvalue weighted by Gasteiger charge is 2.61. The normalized spacial score (nSPS) is 25.4. The van der Waals surface area contributed by atoms with Gasteiger partial charge in [-0.3, -0.25) is 19.3 Å². The van der Waals surface area contributed by atoms with Crippen LogP contribution >= 0.6 is 0 Å². The lowest BCUT2D eigenvalue weighted by atomic mass is 9.85. The molecule has 0 aromatic heterocycles. The predicted octanol–water partition coefficient (Wildman–Crippen LogP) is 2.84. The molecule has 7 nitrogen and oxygen atoms in total. The maximum absolute atomic E-state index is 13.3. The molecule has 2 aliphatic carbocycles. The number of hydrogen-bond donors (Lipinski definition) is 0. The van der Waals surface area contributed by atoms with Gasteiger partial charge in [-0.2, -0.15) is 0 Å². The molecule has 5 rings (SSSR count). The molecular formula is C27H25NO6. The number of likely N-dealkylation sites (tertiary alicyclic amines) is 1. The monoisotopic (exact) mass is 459 g/mol. The fraction of sp³-hybridized carbons (Fsp3) is 0.333. The number of methoxy groups -OCH3 is 1. The maximum atomic E-state index is 13.3. The van der Waals surface area contributed by atoms with Crippen LogP contribution in [-0.2, 0) is 25.5 Å².